The normalized spacial score (nSPS) is 30.1. The summed E-state index contributed by atoms with van der Waals surface area (Å²) in [4.78, 5) is 48.5. The van der Waals surface area contributed by atoms with E-state index in [1.807, 2.05) is 45.9 Å². The maximum absolute atomic E-state index is 15.0. The van der Waals surface area contributed by atoms with Crippen LogP contribution in [-0.4, -0.2) is 81.5 Å². The minimum Gasteiger partial charge on any atom is -0.394 e. The summed E-state index contributed by atoms with van der Waals surface area (Å²) in [6.07, 6.45) is 4.92. The molecule has 3 amide bonds. The second-order valence-electron chi connectivity index (χ2n) is 11.9. The van der Waals surface area contributed by atoms with E-state index in [1.165, 1.54) is 0 Å². The molecule has 3 saturated heterocycles. The van der Waals surface area contributed by atoms with Gasteiger partial charge >= 0.3 is 0 Å². The molecule has 218 valence electrons. The molecule has 2 bridgehead atoms. The summed E-state index contributed by atoms with van der Waals surface area (Å²) in [5.41, 5.74) is 2.76. The van der Waals surface area contributed by atoms with Crippen molar-refractivity contribution in [3.05, 3.63) is 54.6 Å². The minimum atomic E-state index is -0.803. The highest BCUT2D eigenvalue weighted by Crippen LogP contribution is 2.69. The molecule has 0 radical (unpaired) electrons. The van der Waals surface area contributed by atoms with Gasteiger partial charge in [0.1, 0.15) is 6.04 Å². The molecule has 40 heavy (non-hydrogen) atoms. The summed E-state index contributed by atoms with van der Waals surface area (Å²) in [6, 6.07) is 4.62. The third-order valence-corrected chi connectivity index (χ3v) is 11.7. The maximum atomic E-state index is 15.0. The van der Waals surface area contributed by atoms with Crippen LogP contribution >= 0.6 is 11.8 Å². The molecule has 1 spiro atoms. The van der Waals surface area contributed by atoms with Gasteiger partial charge in [0.2, 0.25) is 11.8 Å². The second-order valence-corrected chi connectivity index (χ2v) is 13.5. The predicted molar refractivity (Wildman–Crippen MR) is 162 cm³/mol. The molecule has 3 fully saturated rings. The average molecular weight is 568 g/mol. The van der Waals surface area contributed by atoms with E-state index in [0.717, 1.165) is 29.7 Å². The van der Waals surface area contributed by atoms with Crippen molar-refractivity contribution in [1.29, 1.82) is 0 Å². The van der Waals surface area contributed by atoms with Gasteiger partial charge in [-0.25, -0.2) is 0 Å². The molecule has 8 heteroatoms. The number of aliphatic hydroxyl groups is 1. The van der Waals surface area contributed by atoms with Crippen LogP contribution in [0.15, 0.2) is 43.5 Å². The summed E-state index contributed by atoms with van der Waals surface area (Å²) in [5.74, 6) is -1.53. The number of nitrogens with zero attached hydrogens (tertiary/aromatic N) is 3. The number of benzene rings is 1. The van der Waals surface area contributed by atoms with Gasteiger partial charge < -0.3 is 19.8 Å². The Kier molecular flexibility index (Phi) is 8.91. The third kappa shape index (κ3) is 4.51. The van der Waals surface area contributed by atoms with Crippen molar-refractivity contribution in [3.63, 3.8) is 0 Å². The molecule has 4 rings (SSSR count). The monoisotopic (exact) mass is 567 g/mol. The van der Waals surface area contributed by atoms with Gasteiger partial charge in [-0.1, -0.05) is 57.5 Å². The highest BCUT2D eigenvalue weighted by Gasteiger charge is 2.77. The van der Waals surface area contributed by atoms with Crippen LogP contribution in [0.3, 0.4) is 0 Å². The Morgan fingerprint density at radius 3 is 2.38 bits per heavy atom. The summed E-state index contributed by atoms with van der Waals surface area (Å²) in [5, 5.41) is 10.6. The Labute approximate surface area is 243 Å². The number of fused-ring (bicyclic) bond motifs is 1. The number of anilines is 1. The largest absolute Gasteiger partial charge is 0.394 e. The van der Waals surface area contributed by atoms with Crippen molar-refractivity contribution in [3.8, 4) is 0 Å². The number of amides is 3. The summed E-state index contributed by atoms with van der Waals surface area (Å²) < 4.78 is -0.759. The van der Waals surface area contributed by atoms with Crippen LogP contribution in [0.4, 0.5) is 5.69 Å². The van der Waals surface area contributed by atoms with Crippen LogP contribution in [-0.2, 0) is 14.4 Å². The number of likely N-dealkylation sites (tertiary alicyclic amines) is 1. The Balaban J connectivity index is 1.91. The van der Waals surface area contributed by atoms with E-state index >= 15 is 0 Å². The maximum Gasteiger partial charge on any atom is 0.251 e. The second kappa shape index (κ2) is 11.7. The van der Waals surface area contributed by atoms with E-state index in [0.29, 0.717) is 13.1 Å². The van der Waals surface area contributed by atoms with Crippen molar-refractivity contribution < 1.29 is 19.5 Å². The topological polar surface area (TPSA) is 81.2 Å². The molecule has 7 nitrogen and oxygen atoms in total. The van der Waals surface area contributed by atoms with Crippen molar-refractivity contribution in [2.24, 2.45) is 23.7 Å². The Morgan fingerprint density at radius 2 is 1.82 bits per heavy atom. The van der Waals surface area contributed by atoms with Gasteiger partial charge in [-0.05, 0) is 43.2 Å². The minimum absolute atomic E-state index is 0.0253. The van der Waals surface area contributed by atoms with Crippen LogP contribution in [0.5, 0.6) is 0 Å². The average Bonchev–Trinajstić information content (AvgIpc) is 3.51. The molecule has 1 N–H and O–H groups in total. The molecular formula is C32H45N3O4S. The molecule has 3 heterocycles. The number of rotatable bonds is 11. The predicted octanol–water partition coefficient (Wildman–Crippen LogP) is 4.21. The summed E-state index contributed by atoms with van der Waals surface area (Å²) in [6.45, 7) is 18.3. The zero-order chi connectivity index (χ0) is 29.5. The Bertz CT molecular complexity index is 1170. The van der Waals surface area contributed by atoms with Gasteiger partial charge in [0, 0.05) is 31.1 Å². The van der Waals surface area contributed by atoms with E-state index in [4.69, 9.17) is 0 Å². The van der Waals surface area contributed by atoms with Gasteiger partial charge in [0.05, 0.1) is 29.2 Å². The molecule has 0 aromatic heterocycles. The molecule has 0 aliphatic carbocycles. The van der Waals surface area contributed by atoms with Gasteiger partial charge in [-0.3, -0.25) is 14.4 Å². The first-order chi connectivity index (χ1) is 19.0. The molecule has 3 aliphatic heterocycles. The lowest BCUT2D eigenvalue weighted by Crippen LogP contribution is -2.60. The molecule has 3 aliphatic rings. The van der Waals surface area contributed by atoms with Crippen molar-refractivity contribution in [1.82, 2.24) is 9.80 Å². The zero-order valence-electron chi connectivity index (χ0n) is 24.8. The first-order valence-electron chi connectivity index (χ1n) is 14.5. The van der Waals surface area contributed by atoms with Crippen molar-refractivity contribution >= 4 is 35.2 Å². The number of carbonyl (C=O) groups is 3. The van der Waals surface area contributed by atoms with Gasteiger partial charge in [0.15, 0.2) is 0 Å². The molecule has 1 aromatic carbocycles. The number of thioether (sulfide) groups is 1. The van der Waals surface area contributed by atoms with Gasteiger partial charge in [-0.15, -0.1) is 24.9 Å². The Hall–Kier alpha value is -2.58. The van der Waals surface area contributed by atoms with Crippen LogP contribution in [0.25, 0.3) is 0 Å². The smallest absolute Gasteiger partial charge is 0.251 e. The number of para-hydroxylation sites is 1. The highest BCUT2D eigenvalue weighted by atomic mass is 32.2. The van der Waals surface area contributed by atoms with E-state index < -0.39 is 28.7 Å². The molecule has 1 aromatic rings. The van der Waals surface area contributed by atoms with Crippen LogP contribution < -0.4 is 4.90 Å². The van der Waals surface area contributed by atoms with Crippen LogP contribution in [0, 0.1) is 37.5 Å². The number of aliphatic hydroxyl groups excluding tert-OH is 1. The fraction of sp³-hybridized carbons (Fsp3) is 0.594. The SMILES string of the molecule is C=CCN(C)C(=O)[C@@H]1[C@H]2C(=O)N([C@@H](CO)[C@@H](C)CC)C(C(=O)N(CC=C)c3c(C)cccc3C)C23S[C@@H]1CC3C. The van der Waals surface area contributed by atoms with Crippen LogP contribution in [0.1, 0.15) is 44.7 Å². The summed E-state index contributed by atoms with van der Waals surface area (Å²) >= 11 is 1.67. The lowest BCUT2D eigenvalue weighted by atomic mass is 9.65. The van der Waals surface area contributed by atoms with Gasteiger partial charge in [0.25, 0.3) is 5.91 Å². The lowest BCUT2D eigenvalue weighted by molar-refractivity contribution is -0.145. The zero-order valence-corrected chi connectivity index (χ0v) is 25.6. The third-order valence-electron chi connectivity index (χ3n) is 9.61. The molecule has 3 unspecified atom stereocenters. The molecule has 8 atom stereocenters. The fourth-order valence-corrected chi connectivity index (χ4v) is 9.93. The number of carbonyl (C=O) groups excluding carboxylic acids is 3. The van der Waals surface area contributed by atoms with E-state index in [2.05, 4.69) is 20.1 Å². The molecule has 0 saturated carbocycles. The van der Waals surface area contributed by atoms with Crippen LogP contribution in [0.2, 0.25) is 0 Å². The standard InChI is InChI=1S/C32H45N3O4S/c1-9-15-33(8)29(37)25-24-17-22(7)32(40-24)26(25)30(38)35(23(18-36)19(4)11-3)28(32)31(39)34(16-10-2)27-20(5)13-12-14-21(27)6/h9-10,12-14,19,22-26,28,36H,1-2,11,15-18H2,3-8H3/t19-,22?,23-,24+,25-,26-,28?,32?/m0/s1. The fourth-order valence-electron chi connectivity index (χ4n) is 7.53. The van der Waals surface area contributed by atoms with E-state index in [-0.39, 0.29) is 41.4 Å². The number of aryl methyl sites for hydroxylation is 2. The Morgan fingerprint density at radius 1 is 1.20 bits per heavy atom. The quantitative estimate of drug-likeness (QED) is 0.405. The number of hydrogen-bond acceptors (Lipinski definition) is 5. The van der Waals surface area contributed by atoms with E-state index in [9.17, 15) is 19.5 Å². The number of hydrogen-bond donors (Lipinski definition) is 1. The highest BCUT2D eigenvalue weighted by molar-refractivity contribution is 8.02. The first kappa shape index (κ1) is 30.4. The van der Waals surface area contributed by atoms with E-state index in [1.54, 1.807) is 45.7 Å². The van der Waals surface area contributed by atoms with Gasteiger partial charge in [-0.2, -0.15) is 0 Å². The van der Waals surface area contributed by atoms with Crippen molar-refractivity contribution in [2.45, 2.75) is 69.5 Å². The number of likely N-dealkylation sites (N-methyl/N-ethyl adjacent to an activating group) is 1. The first-order valence-corrected chi connectivity index (χ1v) is 15.3. The summed E-state index contributed by atoms with van der Waals surface area (Å²) in [7, 11) is 1.75. The lowest BCUT2D eigenvalue weighted by Gasteiger charge is -2.43. The molecular weight excluding hydrogens is 522 g/mol. The van der Waals surface area contributed by atoms with Crippen molar-refractivity contribution in [2.75, 3.05) is 31.6 Å².